The Bertz CT molecular complexity index is 767. The number of hydrogen-bond donors (Lipinski definition) is 0. The molecule has 0 saturated carbocycles. The molecule has 0 spiro atoms. The number of ether oxygens (including phenoxy) is 1. The third-order valence-corrected chi connectivity index (χ3v) is 3.54. The van der Waals surface area contributed by atoms with E-state index in [4.69, 9.17) is 16.3 Å². The van der Waals surface area contributed by atoms with E-state index in [2.05, 4.69) is 23.9 Å². The Morgan fingerprint density at radius 1 is 1.29 bits per heavy atom. The molecule has 2 aromatic heterocycles. The maximum absolute atomic E-state index is 6.03. The predicted octanol–water partition coefficient (Wildman–Crippen LogP) is 4.54. The zero-order chi connectivity index (χ0) is 14.8. The summed E-state index contributed by atoms with van der Waals surface area (Å²) in [6.07, 6.45) is 3.55. The SMILES string of the molecule is CC(C)n1cc(Oc2cc(CCl)c3ccccc3n2)cn1. The van der Waals surface area contributed by atoms with Crippen molar-refractivity contribution in [2.45, 2.75) is 25.8 Å². The average Bonchev–Trinajstić information content (AvgIpc) is 2.95. The van der Waals surface area contributed by atoms with Gasteiger partial charge in [-0.3, -0.25) is 4.68 Å². The van der Waals surface area contributed by atoms with Gasteiger partial charge in [-0.2, -0.15) is 5.10 Å². The van der Waals surface area contributed by atoms with Gasteiger partial charge in [0.05, 0.1) is 17.9 Å². The molecule has 2 heterocycles. The third kappa shape index (κ3) is 2.85. The van der Waals surface area contributed by atoms with Gasteiger partial charge in [0.1, 0.15) is 0 Å². The highest BCUT2D eigenvalue weighted by atomic mass is 35.5. The quantitative estimate of drug-likeness (QED) is 0.664. The molecule has 0 unspecified atom stereocenters. The highest BCUT2D eigenvalue weighted by Crippen LogP contribution is 2.26. The van der Waals surface area contributed by atoms with Crippen LogP contribution in [0.1, 0.15) is 25.5 Å². The lowest BCUT2D eigenvalue weighted by atomic mass is 10.1. The summed E-state index contributed by atoms with van der Waals surface area (Å²) in [6.45, 7) is 4.13. The van der Waals surface area contributed by atoms with E-state index in [9.17, 15) is 0 Å². The summed E-state index contributed by atoms with van der Waals surface area (Å²) < 4.78 is 7.65. The van der Waals surface area contributed by atoms with Crippen LogP contribution in [0.25, 0.3) is 10.9 Å². The van der Waals surface area contributed by atoms with Gasteiger partial charge in [-0.1, -0.05) is 18.2 Å². The summed E-state index contributed by atoms with van der Waals surface area (Å²) in [5.74, 6) is 1.63. The molecule has 0 atom stereocenters. The Morgan fingerprint density at radius 3 is 2.81 bits per heavy atom. The van der Waals surface area contributed by atoms with E-state index in [0.717, 1.165) is 16.5 Å². The first-order valence-corrected chi connectivity index (χ1v) is 7.37. The first-order chi connectivity index (χ1) is 10.2. The second-order valence-corrected chi connectivity index (χ2v) is 5.39. The molecule has 0 N–H and O–H groups in total. The van der Waals surface area contributed by atoms with Crippen LogP contribution in [0.3, 0.4) is 0 Å². The van der Waals surface area contributed by atoms with E-state index in [-0.39, 0.29) is 0 Å². The van der Waals surface area contributed by atoms with Crippen molar-refractivity contribution in [1.82, 2.24) is 14.8 Å². The number of benzene rings is 1. The molecule has 3 aromatic rings. The standard InChI is InChI=1S/C16H16ClN3O/c1-11(2)20-10-13(9-18-20)21-16-7-12(8-17)14-5-3-4-6-15(14)19-16/h3-7,9-11H,8H2,1-2H3. The Kier molecular flexibility index (Phi) is 3.80. The monoisotopic (exact) mass is 301 g/mol. The van der Waals surface area contributed by atoms with E-state index in [1.165, 1.54) is 0 Å². The molecule has 4 nitrogen and oxygen atoms in total. The van der Waals surface area contributed by atoms with Gasteiger partial charge in [-0.15, -0.1) is 11.6 Å². The van der Waals surface area contributed by atoms with Crippen LogP contribution in [0.4, 0.5) is 0 Å². The van der Waals surface area contributed by atoms with Crippen molar-refractivity contribution in [1.29, 1.82) is 0 Å². The molecular formula is C16H16ClN3O. The van der Waals surface area contributed by atoms with Crippen LogP contribution in [-0.4, -0.2) is 14.8 Å². The topological polar surface area (TPSA) is 39.9 Å². The first kappa shape index (κ1) is 13.9. The number of aromatic nitrogens is 3. The van der Waals surface area contributed by atoms with Crippen molar-refractivity contribution < 1.29 is 4.74 Å². The molecule has 1 aromatic carbocycles. The normalized spacial score (nSPS) is 11.2. The Hall–Kier alpha value is -2.07. The number of pyridine rings is 1. The largest absolute Gasteiger partial charge is 0.436 e. The van der Waals surface area contributed by atoms with Gasteiger partial charge < -0.3 is 4.74 Å². The number of hydrogen-bond acceptors (Lipinski definition) is 3. The van der Waals surface area contributed by atoms with Crippen molar-refractivity contribution in [3.63, 3.8) is 0 Å². The van der Waals surface area contributed by atoms with Crippen molar-refractivity contribution in [3.05, 3.63) is 48.3 Å². The molecule has 3 rings (SSSR count). The zero-order valence-corrected chi connectivity index (χ0v) is 12.7. The summed E-state index contributed by atoms with van der Waals surface area (Å²) in [4.78, 5) is 4.52. The van der Waals surface area contributed by atoms with Gasteiger partial charge in [0, 0.05) is 23.4 Å². The maximum Gasteiger partial charge on any atom is 0.220 e. The fraction of sp³-hybridized carbons (Fsp3) is 0.250. The molecule has 5 heteroatoms. The highest BCUT2D eigenvalue weighted by molar-refractivity contribution is 6.18. The average molecular weight is 302 g/mol. The molecular weight excluding hydrogens is 286 g/mol. The second kappa shape index (κ2) is 5.74. The summed E-state index contributed by atoms with van der Waals surface area (Å²) in [5.41, 5.74) is 1.88. The van der Waals surface area contributed by atoms with Crippen LogP contribution >= 0.6 is 11.6 Å². The Labute approximate surface area is 128 Å². The first-order valence-electron chi connectivity index (χ1n) is 6.84. The number of alkyl halides is 1. The molecule has 0 bridgehead atoms. The zero-order valence-electron chi connectivity index (χ0n) is 12.0. The maximum atomic E-state index is 6.03. The molecule has 21 heavy (non-hydrogen) atoms. The van der Waals surface area contributed by atoms with Crippen molar-refractivity contribution in [3.8, 4) is 11.6 Å². The minimum Gasteiger partial charge on any atom is -0.436 e. The summed E-state index contributed by atoms with van der Waals surface area (Å²) >= 11 is 6.03. The molecule has 0 aliphatic heterocycles. The number of fused-ring (bicyclic) bond motifs is 1. The van der Waals surface area contributed by atoms with Gasteiger partial charge in [0.15, 0.2) is 5.75 Å². The molecule has 0 amide bonds. The predicted molar refractivity (Wildman–Crippen MR) is 84.0 cm³/mol. The molecule has 0 fully saturated rings. The number of rotatable bonds is 4. The number of para-hydroxylation sites is 1. The van der Waals surface area contributed by atoms with Gasteiger partial charge >= 0.3 is 0 Å². The van der Waals surface area contributed by atoms with E-state index >= 15 is 0 Å². The number of halogens is 1. The van der Waals surface area contributed by atoms with Gasteiger partial charge in [0.25, 0.3) is 0 Å². The van der Waals surface area contributed by atoms with Gasteiger partial charge in [0.2, 0.25) is 5.88 Å². The summed E-state index contributed by atoms with van der Waals surface area (Å²) in [5, 5.41) is 5.31. The lowest BCUT2D eigenvalue weighted by Gasteiger charge is -2.08. The van der Waals surface area contributed by atoms with Crippen LogP contribution in [0.5, 0.6) is 11.6 Å². The van der Waals surface area contributed by atoms with Crippen LogP contribution in [0.15, 0.2) is 42.7 Å². The third-order valence-electron chi connectivity index (χ3n) is 3.25. The molecule has 0 aliphatic rings. The smallest absolute Gasteiger partial charge is 0.220 e. The van der Waals surface area contributed by atoms with Crippen LogP contribution in [-0.2, 0) is 5.88 Å². The summed E-state index contributed by atoms with van der Waals surface area (Å²) in [7, 11) is 0. The fourth-order valence-corrected chi connectivity index (χ4v) is 2.38. The lowest BCUT2D eigenvalue weighted by molar-refractivity contribution is 0.460. The minimum absolute atomic E-state index is 0.297. The molecule has 0 aliphatic carbocycles. The molecule has 0 radical (unpaired) electrons. The van der Waals surface area contributed by atoms with Crippen molar-refractivity contribution >= 4 is 22.5 Å². The van der Waals surface area contributed by atoms with Gasteiger partial charge in [-0.25, -0.2) is 4.98 Å². The number of nitrogens with zero attached hydrogens (tertiary/aromatic N) is 3. The van der Waals surface area contributed by atoms with Crippen molar-refractivity contribution in [2.75, 3.05) is 0 Å². The van der Waals surface area contributed by atoms with Crippen LogP contribution in [0, 0.1) is 0 Å². The Balaban J connectivity index is 1.96. The van der Waals surface area contributed by atoms with Crippen molar-refractivity contribution in [2.24, 2.45) is 0 Å². The summed E-state index contributed by atoms with van der Waals surface area (Å²) in [6, 6.07) is 10.1. The minimum atomic E-state index is 0.297. The van der Waals surface area contributed by atoms with E-state index < -0.39 is 0 Å². The van der Waals surface area contributed by atoms with E-state index in [0.29, 0.717) is 23.6 Å². The second-order valence-electron chi connectivity index (χ2n) is 5.12. The fourth-order valence-electron chi connectivity index (χ4n) is 2.16. The van der Waals surface area contributed by atoms with Crippen LogP contribution < -0.4 is 4.74 Å². The molecule has 108 valence electrons. The highest BCUT2D eigenvalue weighted by Gasteiger charge is 2.08. The van der Waals surface area contributed by atoms with E-state index in [1.54, 1.807) is 6.20 Å². The molecule has 0 saturated heterocycles. The van der Waals surface area contributed by atoms with Gasteiger partial charge in [-0.05, 0) is 25.5 Å². The van der Waals surface area contributed by atoms with Crippen LogP contribution in [0.2, 0.25) is 0 Å². The Morgan fingerprint density at radius 2 is 2.10 bits per heavy atom. The van der Waals surface area contributed by atoms with E-state index in [1.807, 2.05) is 41.2 Å². The lowest BCUT2D eigenvalue weighted by Crippen LogP contribution is -1.99.